The van der Waals surface area contributed by atoms with E-state index in [1.165, 1.54) is 0 Å². The van der Waals surface area contributed by atoms with Crippen molar-refractivity contribution in [1.29, 1.82) is 0 Å². The van der Waals surface area contributed by atoms with Gasteiger partial charge in [0.2, 0.25) is 0 Å². The van der Waals surface area contributed by atoms with Gasteiger partial charge in [-0.15, -0.1) is 11.3 Å². The third-order valence-corrected chi connectivity index (χ3v) is 2.86. The van der Waals surface area contributed by atoms with Crippen molar-refractivity contribution in [3.05, 3.63) is 40.2 Å². The number of benzene rings is 1. The van der Waals surface area contributed by atoms with Gasteiger partial charge in [0.1, 0.15) is 0 Å². The van der Waals surface area contributed by atoms with Crippen molar-refractivity contribution in [3.8, 4) is 11.3 Å². The highest BCUT2D eigenvalue weighted by molar-refractivity contribution is 7.09. The number of aliphatic hydroxyl groups excluding tert-OH is 1. The second-order valence-corrected chi connectivity index (χ2v) is 4.13. The lowest BCUT2D eigenvalue weighted by Crippen LogP contribution is -1.88. The first-order valence-electron chi connectivity index (χ1n) is 4.42. The van der Waals surface area contributed by atoms with Crippen LogP contribution in [0.5, 0.6) is 0 Å². The average Bonchev–Trinajstić information content (AvgIpc) is 2.65. The largest absolute Gasteiger partial charge is 0.392 e. The molecule has 1 aromatic carbocycles. The maximum atomic E-state index is 9.16. The number of thiazole rings is 1. The Balaban J connectivity index is 2.50. The fraction of sp³-hybridized carbons (Fsp3) is 0.182. The van der Waals surface area contributed by atoms with Crippen LogP contribution in [-0.4, -0.2) is 10.1 Å². The van der Waals surface area contributed by atoms with Gasteiger partial charge in [0, 0.05) is 10.9 Å². The first-order chi connectivity index (χ1) is 6.81. The highest BCUT2D eigenvalue weighted by Crippen LogP contribution is 2.24. The summed E-state index contributed by atoms with van der Waals surface area (Å²) in [5, 5.41) is 12.2. The maximum Gasteiger partial charge on any atom is 0.0901 e. The normalized spacial score (nSPS) is 10.4. The summed E-state index contributed by atoms with van der Waals surface area (Å²) in [5.74, 6) is 0. The van der Waals surface area contributed by atoms with E-state index < -0.39 is 0 Å². The predicted molar refractivity (Wildman–Crippen MR) is 58.2 cm³/mol. The Labute approximate surface area is 86.9 Å². The zero-order valence-electron chi connectivity index (χ0n) is 7.90. The Hall–Kier alpha value is -1.19. The number of aliphatic hydroxyl groups is 1. The molecule has 0 unspecified atom stereocenters. The van der Waals surface area contributed by atoms with Crippen molar-refractivity contribution in [2.75, 3.05) is 0 Å². The van der Waals surface area contributed by atoms with Gasteiger partial charge in [0.25, 0.3) is 0 Å². The van der Waals surface area contributed by atoms with Crippen LogP contribution in [0, 0.1) is 6.92 Å². The van der Waals surface area contributed by atoms with Crippen molar-refractivity contribution in [3.63, 3.8) is 0 Å². The first-order valence-corrected chi connectivity index (χ1v) is 5.30. The lowest BCUT2D eigenvalue weighted by Gasteiger charge is -2.02. The second kappa shape index (κ2) is 3.90. The Morgan fingerprint density at radius 3 is 2.79 bits per heavy atom. The monoisotopic (exact) mass is 205 g/mol. The third-order valence-electron chi connectivity index (χ3n) is 2.08. The topological polar surface area (TPSA) is 33.1 Å². The molecular formula is C11H11NOS. The molecule has 1 heterocycles. The molecule has 14 heavy (non-hydrogen) atoms. The fourth-order valence-corrected chi connectivity index (χ4v) is 2.01. The molecule has 3 heteroatoms. The summed E-state index contributed by atoms with van der Waals surface area (Å²) in [6.07, 6.45) is 0. The van der Waals surface area contributed by atoms with Crippen molar-refractivity contribution in [2.24, 2.45) is 0 Å². The summed E-state index contributed by atoms with van der Waals surface area (Å²) in [7, 11) is 0. The number of aryl methyl sites for hydroxylation is 1. The summed E-state index contributed by atoms with van der Waals surface area (Å²) in [6.45, 7) is 2.04. The minimum absolute atomic E-state index is 0.0622. The molecule has 0 atom stereocenters. The van der Waals surface area contributed by atoms with Gasteiger partial charge in [0.15, 0.2) is 0 Å². The molecule has 0 saturated heterocycles. The fourth-order valence-electron chi connectivity index (χ4n) is 1.40. The first kappa shape index (κ1) is 9.37. The molecule has 2 nitrogen and oxygen atoms in total. The molecule has 72 valence electrons. The molecule has 0 radical (unpaired) electrons. The van der Waals surface area contributed by atoms with E-state index >= 15 is 0 Å². The Morgan fingerprint density at radius 2 is 2.14 bits per heavy atom. The van der Waals surface area contributed by atoms with Gasteiger partial charge >= 0.3 is 0 Å². The van der Waals surface area contributed by atoms with Crippen LogP contribution >= 0.6 is 11.3 Å². The number of nitrogens with zero attached hydrogens (tertiary/aromatic N) is 1. The van der Waals surface area contributed by atoms with Gasteiger partial charge in [-0.05, 0) is 12.5 Å². The standard InChI is InChI=1S/C11H11NOS/c1-8-12-11(7-14-8)10-5-3-2-4-9(10)6-13/h2-5,7,13H,6H2,1H3. The number of rotatable bonds is 2. The van der Waals surface area contributed by atoms with Gasteiger partial charge in [0.05, 0.1) is 17.3 Å². The van der Waals surface area contributed by atoms with Crippen LogP contribution in [0.1, 0.15) is 10.6 Å². The molecule has 0 aliphatic rings. The van der Waals surface area contributed by atoms with Crippen LogP contribution in [0.4, 0.5) is 0 Å². The molecule has 0 saturated carbocycles. The van der Waals surface area contributed by atoms with Gasteiger partial charge in [-0.2, -0.15) is 0 Å². The molecule has 1 aromatic heterocycles. The van der Waals surface area contributed by atoms with Crippen molar-refractivity contribution in [2.45, 2.75) is 13.5 Å². The zero-order valence-corrected chi connectivity index (χ0v) is 8.71. The summed E-state index contributed by atoms with van der Waals surface area (Å²) in [4.78, 5) is 4.40. The van der Waals surface area contributed by atoms with E-state index in [9.17, 15) is 0 Å². The molecule has 2 aromatic rings. The molecule has 2 rings (SSSR count). The van der Waals surface area contributed by atoms with Crippen LogP contribution in [-0.2, 0) is 6.61 Å². The van der Waals surface area contributed by atoms with Crippen molar-refractivity contribution >= 4 is 11.3 Å². The third kappa shape index (κ3) is 1.69. The van der Waals surface area contributed by atoms with E-state index in [0.29, 0.717) is 0 Å². The van der Waals surface area contributed by atoms with Gasteiger partial charge in [-0.3, -0.25) is 0 Å². The Kier molecular flexibility index (Phi) is 2.61. The summed E-state index contributed by atoms with van der Waals surface area (Å²) in [5.41, 5.74) is 2.91. The molecule has 1 N–H and O–H groups in total. The van der Waals surface area contributed by atoms with E-state index in [2.05, 4.69) is 4.98 Å². The Bertz CT molecular complexity index is 436. The SMILES string of the molecule is Cc1nc(-c2ccccc2CO)cs1. The molecular weight excluding hydrogens is 194 g/mol. The van der Waals surface area contributed by atoms with E-state index in [0.717, 1.165) is 21.8 Å². The van der Waals surface area contributed by atoms with Crippen molar-refractivity contribution in [1.82, 2.24) is 4.98 Å². The van der Waals surface area contributed by atoms with Gasteiger partial charge < -0.3 is 5.11 Å². The predicted octanol–water partition coefficient (Wildman–Crippen LogP) is 2.61. The van der Waals surface area contributed by atoms with Crippen LogP contribution < -0.4 is 0 Å². The number of aromatic nitrogens is 1. The van der Waals surface area contributed by atoms with E-state index in [1.807, 2.05) is 36.6 Å². The lowest BCUT2D eigenvalue weighted by molar-refractivity contribution is 0.282. The molecule has 0 aliphatic carbocycles. The highest BCUT2D eigenvalue weighted by Gasteiger charge is 2.05. The van der Waals surface area contributed by atoms with Crippen molar-refractivity contribution < 1.29 is 5.11 Å². The summed E-state index contributed by atoms with van der Waals surface area (Å²) in [6, 6.07) is 7.79. The minimum Gasteiger partial charge on any atom is -0.392 e. The Morgan fingerprint density at radius 1 is 1.36 bits per heavy atom. The average molecular weight is 205 g/mol. The van der Waals surface area contributed by atoms with E-state index in [-0.39, 0.29) is 6.61 Å². The molecule has 0 aliphatic heterocycles. The van der Waals surface area contributed by atoms with Crippen LogP contribution in [0.25, 0.3) is 11.3 Å². The quantitative estimate of drug-likeness (QED) is 0.817. The van der Waals surface area contributed by atoms with Crippen LogP contribution in [0.3, 0.4) is 0 Å². The molecule has 0 bridgehead atoms. The minimum atomic E-state index is 0.0622. The lowest BCUT2D eigenvalue weighted by atomic mass is 10.1. The maximum absolute atomic E-state index is 9.16. The number of hydrogen-bond acceptors (Lipinski definition) is 3. The zero-order chi connectivity index (χ0) is 9.97. The summed E-state index contributed by atoms with van der Waals surface area (Å²) < 4.78 is 0. The van der Waals surface area contributed by atoms with Gasteiger partial charge in [-0.25, -0.2) is 4.98 Å². The van der Waals surface area contributed by atoms with E-state index in [1.54, 1.807) is 11.3 Å². The van der Waals surface area contributed by atoms with Crippen LogP contribution in [0.2, 0.25) is 0 Å². The molecule has 0 amide bonds. The molecule has 0 spiro atoms. The smallest absolute Gasteiger partial charge is 0.0901 e. The van der Waals surface area contributed by atoms with Gasteiger partial charge in [-0.1, -0.05) is 24.3 Å². The van der Waals surface area contributed by atoms with E-state index in [4.69, 9.17) is 5.11 Å². The summed E-state index contributed by atoms with van der Waals surface area (Å²) >= 11 is 1.63. The second-order valence-electron chi connectivity index (χ2n) is 3.07. The van der Waals surface area contributed by atoms with Crippen LogP contribution in [0.15, 0.2) is 29.6 Å². The molecule has 0 fully saturated rings. The highest BCUT2D eigenvalue weighted by atomic mass is 32.1. The number of hydrogen-bond donors (Lipinski definition) is 1.